The van der Waals surface area contributed by atoms with Gasteiger partial charge in [0.15, 0.2) is 5.52 Å². The number of carbonyl (C=O) groups is 3. The number of nitro groups is 1. The van der Waals surface area contributed by atoms with E-state index in [1.54, 1.807) is 12.1 Å². The van der Waals surface area contributed by atoms with Crippen LogP contribution in [0.4, 0.5) is 20.2 Å². The minimum absolute atomic E-state index is 0.0373. The molecule has 4 aromatic rings. The van der Waals surface area contributed by atoms with E-state index >= 15 is 0 Å². The molecule has 3 aromatic carbocycles. The summed E-state index contributed by atoms with van der Waals surface area (Å²) in [5.74, 6) is -2.48. The second-order valence-corrected chi connectivity index (χ2v) is 10.8. The summed E-state index contributed by atoms with van der Waals surface area (Å²) in [5, 5.41) is 19.0. The van der Waals surface area contributed by atoms with E-state index in [4.69, 9.17) is 4.63 Å². The van der Waals surface area contributed by atoms with Gasteiger partial charge in [-0.25, -0.2) is 13.4 Å². The topological polar surface area (TPSA) is 143 Å². The van der Waals surface area contributed by atoms with Crippen LogP contribution in [0.15, 0.2) is 59.2 Å². The van der Waals surface area contributed by atoms with Crippen LogP contribution in [0.2, 0.25) is 0 Å². The molecule has 226 valence electrons. The van der Waals surface area contributed by atoms with Crippen LogP contribution in [0.1, 0.15) is 45.5 Å². The normalized spacial score (nSPS) is 15.6. The lowest BCUT2D eigenvalue weighted by Gasteiger charge is -2.33. The number of non-ortho nitro benzene ring substituents is 1. The van der Waals surface area contributed by atoms with E-state index < -0.39 is 28.4 Å². The number of anilines is 1. The predicted molar refractivity (Wildman–Crippen MR) is 152 cm³/mol. The van der Waals surface area contributed by atoms with Crippen molar-refractivity contribution in [1.29, 1.82) is 0 Å². The van der Waals surface area contributed by atoms with Crippen LogP contribution in [0.5, 0.6) is 0 Å². The molecule has 2 aliphatic heterocycles. The number of piperidine rings is 1. The number of hydrogen-bond acceptors (Lipinski definition) is 9. The zero-order valence-corrected chi connectivity index (χ0v) is 23.3. The zero-order valence-electron chi connectivity index (χ0n) is 23.3. The van der Waals surface area contributed by atoms with Gasteiger partial charge in [-0.05, 0) is 78.1 Å². The molecule has 0 radical (unpaired) electrons. The molecule has 44 heavy (non-hydrogen) atoms. The third-order valence-corrected chi connectivity index (χ3v) is 8.15. The highest BCUT2D eigenvalue weighted by atomic mass is 19.1. The number of nitro benzene ring substituents is 1. The molecule has 6 rings (SSSR count). The first-order valence-electron chi connectivity index (χ1n) is 14.0. The molecule has 1 aromatic heterocycles. The van der Waals surface area contributed by atoms with Gasteiger partial charge in [0.1, 0.15) is 11.6 Å². The summed E-state index contributed by atoms with van der Waals surface area (Å²) in [4.78, 5) is 54.6. The minimum Gasteiger partial charge on any atom is -0.306 e. The molecular formula is C30H26F2N6O6. The molecule has 0 aliphatic carbocycles. The molecule has 3 heterocycles. The van der Waals surface area contributed by atoms with Crippen molar-refractivity contribution < 1.29 is 32.7 Å². The fourth-order valence-electron chi connectivity index (χ4n) is 5.78. The minimum atomic E-state index is -0.703. The molecule has 0 saturated carbocycles. The Morgan fingerprint density at radius 1 is 1.00 bits per heavy atom. The molecular weight excluding hydrogens is 578 g/mol. The number of hydrogen-bond donors (Lipinski definition) is 0. The molecule has 0 unspecified atom stereocenters. The quantitative estimate of drug-likeness (QED) is 0.155. The summed E-state index contributed by atoms with van der Waals surface area (Å²) in [7, 11) is 0. The maximum absolute atomic E-state index is 14.2. The molecule has 0 atom stereocenters. The Morgan fingerprint density at radius 3 is 2.43 bits per heavy atom. The average Bonchev–Trinajstić information content (AvgIpc) is 3.60. The second kappa shape index (κ2) is 11.9. The number of carbonyl (C=O) groups excluding carboxylic acids is 3. The van der Waals surface area contributed by atoms with Gasteiger partial charge in [0, 0.05) is 25.6 Å². The third-order valence-electron chi connectivity index (χ3n) is 8.15. The number of aromatic nitrogens is 2. The van der Waals surface area contributed by atoms with E-state index in [0.29, 0.717) is 38.0 Å². The van der Waals surface area contributed by atoms with Gasteiger partial charge in [0.05, 0.1) is 28.3 Å². The van der Waals surface area contributed by atoms with Gasteiger partial charge in [-0.15, -0.1) is 0 Å². The van der Waals surface area contributed by atoms with Crippen LogP contribution < -0.4 is 4.90 Å². The highest BCUT2D eigenvalue weighted by molar-refractivity contribution is 6.21. The Labute approximate surface area is 248 Å². The van der Waals surface area contributed by atoms with Crippen LogP contribution in [0, 0.1) is 27.7 Å². The fraction of sp³-hybridized carbons (Fsp3) is 0.300. The van der Waals surface area contributed by atoms with Gasteiger partial charge in [0.25, 0.3) is 11.8 Å². The van der Waals surface area contributed by atoms with Crippen molar-refractivity contribution in [2.75, 3.05) is 31.1 Å². The standard InChI is InChI=1S/C30H26F2N6O6/c31-20-6-4-18(5-7-20)16-36(23-8-9-24(38(42)43)28-27(23)33-44-34-28)25(39)12-15-35-13-10-19(11-14-35)17-37-29(40)21-2-1-3-22(32)26(21)30(37)41/h1-9,19H,10-17H2. The first-order valence-corrected chi connectivity index (χ1v) is 14.0. The number of fused-ring (bicyclic) bond motifs is 2. The van der Waals surface area contributed by atoms with Crippen LogP contribution >= 0.6 is 0 Å². The van der Waals surface area contributed by atoms with E-state index in [9.17, 15) is 33.3 Å². The van der Waals surface area contributed by atoms with Crippen LogP contribution in [0.25, 0.3) is 11.0 Å². The van der Waals surface area contributed by atoms with Gasteiger partial charge in [-0.2, -0.15) is 0 Å². The Morgan fingerprint density at radius 2 is 1.73 bits per heavy atom. The van der Waals surface area contributed by atoms with Crippen molar-refractivity contribution in [1.82, 2.24) is 20.1 Å². The number of nitrogens with zero attached hydrogens (tertiary/aromatic N) is 6. The monoisotopic (exact) mass is 604 g/mol. The number of imide groups is 1. The van der Waals surface area contributed by atoms with Gasteiger partial charge >= 0.3 is 5.69 Å². The lowest BCUT2D eigenvalue weighted by atomic mass is 9.96. The summed E-state index contributed by atoms with van der Waals surface area (Å²) < 4.78 is 32.5. The smallest absolute Gasteiger partial charge is 0.300 e. The molecule has 1 fully saturated rings. The zero-order chi connectivity index (χ0) is 31.0. The third kappa shape index (κ3) is 5.51. The summed E-state index contributed by atoms with van der Waals surface area (Å²) in [5.41, 5.74) is 0.478. The Bertz CT molecular complexity index is 1770. The average molecular weight is 605 g/mol. The molecule has 14 heteroatoms. The summed E-state index contributed by atoms with van der Waals surface area (Å²) in [6.45, 7) is 1.93. The molecule has 12 nitrogen and oxygen atoms in total. The highest BCUT2D eigenvalue weighted by Crippen LogP contribution is 2.33. The maximum atomic E-state index is 14.2. The maximum Gasteiger partial charge on any atom is 0.300 e. The molecule has 0 spiro atoms. The lowest BCUT2D eigenvalue weighted by Crippen LogP contribution is -2.42. The Kier molecular flexibility index (Phi) is 7.82. The summed E-state index contributed by atoms with van der Waals surface area (Å²) in [6.07, 6.45) is 1.46. The van der Waals surface area contributed by atoms with Gasteiger partial charge in [-0.3, -0.25) is 29.4 Å². The number of benzene rings is 3. The first kappa shape index (κ1) is 29.0. The van der Waals surface area contributed by atoms with Crippen LogP contribution in [0.3, 0.4) is 0 Å². The van der Waals surface area contributed by atoms with Crippen molar-refractivity contribution in [2.45, 2.75) is 25.8 Å². The second-order valence-electron chi connectivity index (χ2n) is 10.8. The van der Waals surface area contributed by atoms with E-state index in [0.717, 1.165) is 4.90 Å². The largest absolute Gasteiger partial charge is 0.306 e. The molecule has 1 saturated heterocycles. The molecule has 0 bridgehead atoms. The molecule has 3 amide bonds. The number of halogens is 2. The van der Waals surface area contributed by atoms with Crippen molar-refractivity contribution in [2.24, 2.45) is 5.92 Å². The molecule has 0 N–H and O–H groups in total. The number of rotatable bonds is 9. The Hall–Kier alpha value is -5.11. The van der Waals surface area contributed by atoms with Gasteiger partial charge in [0.2, 0.25) is 11.4 Å². The van der Waals surface area contributed by atoms with Crippen molar-refractivity contribution >= 4 is 40.1 Å². The van der Waals surface area contributed by atoms with Crippen molar-refractivity contribution in [3.05, 3.63) is 93.0 Å². The van der Waals surface area contributed by atoms with E-state index in [-0.39, 0.29) is 64.9 Å². The van der Waals surface area contributed by atoms with Crippen LogP contribution in [-0.4, -0.2) is 68.9 Å². The summed E-state index contributed by atoms with van der Waals surface area (Å²) in [6, 6.07) is 12.4. The number of likely N-dealkylation sites (tertiary alicyclic amines) is 1. The van der Waals surface area contributed by atoms with E-state index in [1.165, 1.54) is 47.4 Å². The highest BCUT2D eigenvalue weighted by Gasteiger charge is 2.39. The SMILES string of the molecule is O=C1c2cccc(F)c2C(=O)N1CC1CCN(CCC(=O)N(Cc2ccc(F)cc2)c2ccc([N+](=O)[O-])c3nonc23)CC1. The Balaban J connectivity index is 1.11. The summed E-state index contributed by atoms with van der Waals surface area (Å²) >= 11 is 0. The molecule has 2 aliphatic rings. The van der Waals surface area contributed by atoms with E-state index in [2.05, 4.69) is 15.2 Å². The van der Waals surface area contributed by atoms with Gasteiger partial charge < -0.3 is 9.80 Å². The van der Waals surface area contributed by atoms with E-state index in [1.807, 2.05) is 0 Å². The lowest BCUT2D eigenvalue weighted by molar-refractivity contribution is -0.383. The number of amides is 3. The fourth-order valence-corrected chi connectivity index (χ4v) is 5.78. The van der Waals surface area contributed by atoms with Crippen molar-refractivity contribution in [3.63, 3.8) is 0 Å². The first-order chi connectivity index (χ1) is 21.2. The van der Waals surface area contributed by atoms with Crippen molar-refractivity contribution in [3.8, 4) is 0 Å². The van der Waals surface area contributed by atoms with Gasteiger partial charge in [-0.1, -0.05) is 18.2 Å². The predicted octanol–water partition coefficient (Wildman–Crippen LogP) is 4.34. The van der Waals surface area contributed by atoms with Crippen LogP contribution in [-0.2, 0) is 11.3 Å².